The van der Waals surface area contributed by atoms with Crippen LogP contribution in [0.5, 0.6) is 5.75 Å². The molecular formula is C14H14ClN3O2. The lowest BCUT2D eigenvalue weighted by Crippen LogP contribution is -2.14. The number of amides is 1. The number of halogens is 1. The van der Waals surface area contributed by atoms with Crippen molar-refractivity contribution in [2.24, 2.45) is 0 Å². The van der Waals surface area contributed by atoms with Crippen LogP contribution in [-0.4, -0.2) is 22.5 Å². The molecule has 1 N–H and O–H groups in total. The van der Waals surface area contributed by atoms with Crippen LogP contribution >= 0.6 is 11.6 Å². The highest BCUT2D eigenvalue weighted by atomic mass is 35.5. The van der Waals surface area contributed by atoms with Crippen molar-refractivity contribution in [2.45, 2.75) is 12.8 Å². The summed E-state index contributed by atoms with van der Waals surface area (Å²) < 4.78 is 5.49. The van der Waals surface area contributed by atoms with Crippen molar-refractivity contribution in [3.63, 3.8) is 0 Å². The lowest BCUT2D eigenvalue weighted by atomic mass is 10.3. The summed E-state index contributed by atoms with van der Waals surface area (Å²) in [4.78, 5) is 19.4. The molecule has 0 aliphatic heterocycles. The van der Waals surface area contributed by atoms with Gasteiger partial charge in [0.25, 0.3) is 0 Å². The van der Waals surface area contributed by atoms with Crippen LogP contribution in [0.15, 0.2) is 42.7 Å². The number of ether oxygens (including phenoxy) is 1. The van der Waals surface area contributed by atoms with Gasteiger partial charge < -0.3 is 4.74 Å². The van der Waals surface area contributed by atoms with E-state index < -0.39 is 0 Å². The van der Waals surface area contributed by atoms with Gasteiger partial charge in [-0.15, -0.1) is 0 Å². The van der Waals surface area contributed by atoms with E-state index in [1.165, 1.54) is 0 Å². The Hall–Kier alpha value is -2.14. The van der Waals surface area contributed by atoms with Gasteiger partial charge >= 0.3 is 0 Å². The van der Waals surface area contributed by atoms with Gasteiger partial charge in [-0.1, -0.05) is 23.7 Å². The van der Waals surface area contributed by atoms with E-state index in [1.807, 2.05) is 12.1 Å². The van der Waals surface area contributed by atoms with Gasteiger partial charge in [0.15, 0.2) is 0 Å². The zero-order chi connectivity index (χ0) is 14.2. The van der Waals surface area contributed by atoms with Gasteiger partial charge in [0.2, 0.25) is 11.9 Å². The van der Waals surface area contributed by atoms with Gasteiger partial charge in [-0.3, -0.25) is 10.1 Å². The molecule has 0 aliphatic carbocycles. The van der Waals surface area contributed by atoms with E-state index in [-0.39, 0.29) is 5.91 Å². The fraction of sp³-hybridized carbons (Fsp3) is 0.214. The van der Waals surface area contributed by atoms with Crippen LogP contribution in [-0.2, 0) is 4.79 Å². The molecule has 6 heteroatoms. The SMILES string of the molecule is O=C(CCCOc1ccccc1Cl)Nc1ncccn1. The molecule has 1 heterocycles. The number of carbonyl (C=O) groups excluding carboxylic acids is 1. The van der Waals surface area contributed by atoms with Crippen molar-refractivity contribution in [3.05, 3.63) is 47.7 Å². The van der Waals surface area contributed by atoms with Gasteiger partial charge in [0.1, 0.15) is 5.75 Å². The molecule has 20 heavy (non-hydrogen) atoms. The van der Waals surface area contributed by atoms with Crippen LogP contribution in [0.3, 0.4) is 0 Å². The summed E-state index contributed by atoms with van der Waals surface area (Å²) in [6.45, 7) is 0.423. The first-order valence-electron chi connectivity index (χ1n) is 6.20. The van der Waals surface area contributed by atoms with E-state index in [0.29, 0.717) is 36.2 Å². The summed E-state index contributed by atoms with van der Waals surface area (Å²) in [7, 11) is 0. The van der Waals surface area contributed by atoms with Crippen molar-refractivity contribution >= 4 is 23.5 Å². The van der Waals surface area contributed by atoms with Crippen LogP contribution < -0.4 is 10.1 Å². The third-order valence-electron chi connectivity index (χ3n) is 2.46. The highest BCUT2D eigenvalue weighted by molar-refractivity contribution is 6.32. The Labute approximate surface area is 122 Å². The zero-order valence-corrected chi connectivity index (χ0v) is 11.5. The fourth-order valence-electron chi connectivity index (χ4n) is 1.53. The Morgan fingerprint density at radius 2 is 1.95 bits per heavy atom. The molecule has 0 saturated heterocycles. The van der Waals surface area contributed by atoms with Gasteiger partial charge in [-0.2, -0.15) is 0 Å². The highest BCUT2D eigenvalue weighted by Crippen LogP contribution is 2.23. The number of benzene rings is 1. The van der Waals surface area contributed by atoms with Gasteiger partial charge in [0, 0.05) is 18.8 Å². The smallest absolute Gasteiger partial charge is 0.229 e. The average molecular weight is 292 g/mol. The van der Waals surface area contributed by atoms with Gasteiger partial charge in [-0.05, 0) is 24.6 Å². The maximum Gasteiger partial charge on any atom is 0.229 e. The monoisotopic (exact) mass is 291 g/mol. The quantitative estimate of drug-likeness (QED) is 0.831. The molecule has 1 aromatic carbocycles. The number of rotatable bonds is 6. The molecule has 0 fully saturated rings. The number of anilines is 1. The van der Waals surface area contributed by atoms with Crippen LogP contribution in [0.2, 0.25) is 5.02 Å². The predicted molar refractivity (Wildman–Crippen MR) is 76.8 cm³/mol. The molecule has 0 spiro atoms. The number of para-hydroxylation sites is 1. The Balaban J connectivity index is 1.69. The van der Waals surface area contributed by atoms with Crippen molar-refractivity contribution < 1.29 is 9.53 Å². The summed E-state index contributed by atoms with van der Waals surface area (Å²) in [6.07, 6.45) is 4.07. The van der Waals surface area contributed by atoms with Crippen molar-refractivity contribution in [3.8, 4) is 5.75 Å². The third-order valence-corrected chi connectivity index (χ3v) is 2.77. The topological polar surface area (TPSA) is 64.1 Å². The Bertz CT molecular complexity index is 563. The highest BCUT2D eigenvalue weighted by Gasteiger charge is 2.04. The van der Waals surface area contributed by atoms with E-state index in [4.69, 9.17) is 16.3 Å². The molecule has 1 amide bonds. The molecule has 0 atom stereocenters. The molecule has 2 rings (SSSR count). The second-order valence-corrected chi connectivity index (χ2v) is 4.41. The van der Waals surface area contributed by atoms with Crippen LogP contribution in [0.25, 0.3) is 0 Å². The molecule has 0 bridgehead atoms. The van der Waals surface area contributed by atoms with Crippen molar-refractivity contribution in [1.29, 1.82) is 0 Å². The fourth-order valence-corrected chi connectivity index (χ4v) is 1.72. The van der Waals surface area contributed by atoms with E-state index in [0.717, 1.165) is 0 Å². The second kappa shape index (κ2) is 7.45. The molecule has 0 aliphatic rings. The lowest BCUT2D eigenvalue weighted by Gasteiger charge is -2.07. The van der Waals surface area contributed by atoms with Gasteiger partial charge in [-0.25, -0.2) is 9.97 Å². The zero-order valence-electron chi connectivity index (χ0n) is 10.8. The van der Waals surface area contributed by atoms with Crippen LogP contribution in [0.4, 0.5) is 5.95 Å². The standard InChI is InChI=1S/C14H14ClN3O2/c15-11-5-1-2-6-12(11)20-10-3-7-13(19)18-14-16-8-4-9-17-14/h1-2,4-6,8-9H,3,7,10H2,(H,16,17,18,19). The summed E-state index contributed by atoms with van der Waals surface area (Å²) >= 11 is 5.95. The number of hydrogen-bond acceptors (Lipinski definition) is 4. The van der Waals surface area contributed by atoms with E-state index >= 15 is 0 Å². The Morgan fingerprint density at radius 3 is 2.70 bits per heavy atom. The minimum atomic E-state index is -0.140. The lowest BCUT2D eigenvalue weighted by molar-refractivity contribution is -0.116. The molecule has 5 nitrogen and oxygen atoms in total. The van der Waals surface area contributed by atoms with E-state index in [1.54, 1.807) is 30.6 Å². The summed E-state index contributed by atoms with van der Waals surface area (Å²) in [5.74, 6) is 0.796. The number of nitrogens with one attached hydrogen (secondary N) is 1. The average Bonchev–Trinajstić information content (AvgIpc) is 2.46. The second-order valence-electron chi connectivity index (χ2n) is 4.00. The summed E-state index contributed by atoms with van der Waals surface area (Å²) in [6, 6.07) is 8.92. The Kier molecular flexibility index (Phi) is 5.32. The molecular weight excluding hydrogens is 278 g/mol. The first kappa shape index (κ1) is 14.3. The van der Waals surface area contributed by atoms with Crippen molar-refractivity contribution in [1.82, 2.24) is 9.97 Å². The van der Waals surface area contributed by atoms with Crippen LogP contribution in [0, 0.1) is 0 Å². The largest absolute Gasteiger partial charge is 0.492 e. The molecule has 2 aromatic rings. The number of nitrogens with zero attached hydrogens (tertiary/aromatic N) is 2. The van der Waals surface area contributed by atoms with E-state index in [2.05, 4.69) is 15.3 Å². The summed E-state index contributed by atoms with van der Waals surface area (Å²) in [5, 5.41) is 3.17. The molecule has 0 saturated carbocycles. The molecule has 0 unspecified atom stereocenters. The van der Waals surface area contributed by atoms with E-state index in [9.17, 15) is 4.79 Å². The number of hydrogen-bond donors (Lipinski definition) is 1. The first-order chi connectivity index (χ1) is 9.75. The molecule has 104 valence electrons. The van der Waals surface area contributed by atoms with Gasteiger partial charge in [0.05, 0.1) is 11.6 Å². The molecule has 0 radical (unpaired) electrons. The maximum atomic E-state index is 11.6. The minimum absolute atomic E-state index is 0.140. The number of aromatic nitrogens is 2. The minimum Gasteiger partial charge on any atom is -0.492 e. The third kappa shape index (κ3) is 4.51. The first-order valence-corrected chi connectivity index (χ1v) is 6.58. The maximum absolute atomic E-state index is 11.6. The normalized spacial score (nSPS) is 10.1. The van der Waals surface area contributed by atoms with Crippen LogP contribution in [0.1, 0.15) is 12.8 Å². The van der Waals surface area contributed by atoms with Crippen molar-refractivity contribution in [2.75, 3.05) is 11.9 Å². The number of carbonyl (C=O) groups is 1. The molecule has 1 aromatic heterocycles. The Morgan fingerprint density at radius 1 is 1.20 bits per heavy atom. The predicted octanol–water partition coefficient (Wildman–Crippen LogP) is 2.93. The summed E-state index contributed by atoms with van der Waals surface area (Å²) in [5.41, 5.74) is 0.